The third kappa shape index (κ3) is 3.82. The van der Waals surface area contributed by atoms with Gasteiger partial charge < -0.3 is 9.30 Å². The molecule has 0 aliphatic heterocycles. The van der Waals surface area contributed by atoms with E-state index in [9.17, 15) is 8.42 Å². The van der Waals surface area contributed by atoms with Gasteiger partial charge in [0.05, 0.1) is 12.0 Å². The summed E-state index contributed by atoms with van der Waals surface area (Å²) in [6.45, 7) is 0. The van der Waals surface area contributed by atoms with Gasteiger partial charge in [0, 0.05) is 23.9 Å². The van der Waals surface area contributed by atoms with Crippen LogP contribution in [0.25, 0.3) is 0 Å². The fourth-order valence-corrected chi connectivity index (χ4v) is 4.81. The zero-order chi connectivity index (χ0) is 18.7. The van der Waals surface area contributed by atoms with Gasteiger partial charge >= 0.3 is 0 Å². The molecular formula is C18H18BrN3O3S. The van der Waals surface area contributed by atoms with E-state index in [0.29, 0.717) is 16.0 Å². The van der Waals surface area contributed by atoms with Crippen molar-refractivity contribution < 1.29 is 13.2 Å². The first-order chi connectivity index (χ1) is 12.4. The molecule has 1 unspecified atom stereocenters. The van der Waals surface area contributed by atoms with Crippen molar-refractivity contribution in [1.29, 1.82) is 0 Å². The van der Waals surface area contributed by atoms with Gasteiger partial charge in [-0.25, -0.2) is 13.4 Å². The Morgan fingerprint density at radius 3 is 2.62 bits per heavy atom. The molecule has 1 atom stereocenters. The molecule has 1 aromatic heterocycles. The van der Waals surface area contributed by atoms with Crippen molar-refractivity contribution in [2.24, 2.45) is 7.05 Å². The maximum Gasteiger partial charge on any atom is 0.242 e. The minimum Gasteiger partial charge on any atom is -0.497 e. The number of halogens is 1. The van der Waals surface area contributed by atoms with Crippen LogP contribution in [0.15, 0.2) is 70.3 Å². The van der Waals surface area contributed by atoms with E-state index in [0.717, 1.165) is 5.56 Å². The molecule has 0 bridgehead atoms. The summed E-state index contributed by atoms with van der Waals surface area (Å²) < 4.78 is 36.3. The first-order valence-corrected chi connectivity index (χ1v) is 10.1. The van der Waals surface area contributed by atoms with Gasteiger partial charge in [-0.15, -0.1) is 0 Å². The minimum atomic E-state index is -3.79. The minimum absolute atomic E-state index is 0.169. The molecular weight excluding hydrogens is 418 g/mol. The molecule has 1 heterocycles. The van der Waals surface area contributed by atoms with Gasteiger partial charge in [0.1, 0.15) is 17.6 Å². The normalized spacial score (nSPS) is 12.7. The second-order valence-corrected chi connectivity index (χ2v) is 8.19. The summed E-state index contributed by atoms with van der Waals surface area (Å²) >= 11 is 3.30. The summed E-state index contributed by atoms with van der Waals surface area (Å²) in [6, 6.07) is 13.3. The van der Waals surface area contributed by atoms with Crippen LogP contribution in [0.3, 0.4) is 0 Å². The van der Waals surface area contributed by atoms with Crippen LogP contribution < -0.4 is 9.46 Å². The first-order valence-electron chi connectivity index (χ1n) is 7.80. The maximum absolute atomic E-state index is 13.0. The third-order valence-electron chi connectivity index (χ3n) is 3.94. The monoisotopic (exact) mass is 435 g/mol. The molecule has 3 rings (SSSR count). The standard InChI is InChI=1S/C18H18BrN3O3S/c1-22-11-10-20-18(22)17(13-6-5-7-14(12-13)25-2)21-26(23,24)16-9-4-3-8-15(16)19/h3-12,17,21H,1-2H3. The topological polar surface area (TPSA) is 73.2 Å². The number of hydrogen-bond donors (Lipinski definition) is 1. The third-order valence-corrected chi connectivity index (χ3v) is 6.38. The maximum atomic E-state index is 13.0. The van der Waals surface area contributed by atoms with Crippen LogP contribution in [0, 0.1) is 0 Å². The van der Waals surface area contributed by atoms with Gasteiger partial charge in [-0.2, -0.15) is 4.72 Å². The molecule has 1 N–H and O–H groups in total. The van der Waals surface area contributed by atoms with Crippen molar-refractivity contribution in [3.05, 3.63) is 76.8 Å². The van der Waals surface area contributed by atoms with Crippen molar-refractivity contribution in [3.8, 4) is 5.75 Å². The number of aryl methyl sites for hydroxylation is 1. The number of nitrogens with zero attached hydrogens (tertiary/aromatic N) is 2. The van der Waals surface area contributed by atoms with Crippen molar-refractivity contribution in [1.82, 2.24) is 14.3 Å². The summed E-state index contributed by atoms with van der Waals surface area (Å²) in [5, 5.41) is 0. The molecule has 8 heteroatoms. The molecule has 0 radical (unpaired) electrons. The van der Waals surface area contributed by atoms with Crippen LogP contribution >= 0.6 is 15.9 Å². The van der Waals surface area contributed by atoms with E-state index in [1.807, 2.05) is 19.2 Å². The largest absolute Gasteiger partial charge is 0.497 e. The predicted octanol–water partition coefficient (Wildman–Crippen LogP) is 3.26. The number of nitrogens with one attached hydrogen (secondary N) is 1. The number of methoxy groups -OCH3 is 1. The highest BCUT2D eigenvalue weighted by Gasteiger charge is 2.27. The highest BCUT2D eigenvalue weighted by Crippen LogP contribution is 2.28. The Kier molecular flexibility index (Phi) is 5.45. The van der Waals surface area contributed by atoms with E-state index in [-0.39, 0.29) is 4.90 Å². The molecule has 0 fully saturated rings. The number of sulfonamides is 1. The summed E-state index contributed by atoms with van der Waals surface area (Å²) in [5.41, 5.74) is 0.731. The van der Waals surface area contributed by atoms with Crippen molar-refractivity contribution >= 4 is 26.0 Å². The lowest BCUT2D eigenvalue weighted by atomic mass is 10.1. The van der Waals surface area contributed by atoms with E-state index >= 15 is 0 Å². The number of benzene rings is 2. The Morgan fingerprint density at radius 2 is 1.96 bits per heavy atom. The van der Waals surface area contributed by atoms with E-state index < -0.39 is 16.1 Å². The number of imidazole rings is 1. The Labute approximate surface area is 161 Å². The summed E-state index contributed by atoms with van der Waals surface area (Å²) in [7, 11) is -0.400. The second-order valence-electron chi connectivity index (χ2n) is 5.66. The molecule has 0 aliphatic rings. The number of aromatic nitrogens is 2. The van der Waals surface area contributed by atoms with E-state index in [1.54, 1.807) is 60.5 Å². The molecule has 2 aromatic carbocycles. The molecule has 0 saturated carbocycles. The summed E-state index contributed by atoms with van der Waals surface area (Å²) in [6.07, 6.45) is 3.41. The summed E-state index contributed by atoms with van der Waals surface area (Å²) in [4.78, 5) is 4.50. The highest BCUT2D eigenvalue weighted by atomic mass is 79.9. The van der Waals surface area contributed by atoms with Crippen molar-refractivity contribution in [3.63, 3.8) is 0 Å². The van der Waals surface area contributed by atoms with Crippen LogP contribution in [0.2, 0.25) is 0 Å². The molecule has 0 aliphatic carbocycles. The Morgan fingerprint density at radius 1 is 1.19 bits per heavy atom. The molecule has 6 nitrogen and oxygen atoms in total. The average molecular weight is 436 g/mol. The average Bonchev–Trinajstić information content (AvgIpc) is 3.06. The van der Waals surface area contributed by atoms with Crippen LogP contribution in [0.4, 0.5) is 0 Å². The van der Waals surface area contributed by atoms with Gasteiger partial charge in [-0.1, -0.05) is 24.3 Å². The van der Waals surface area contributed by atoms with Crippen molar-refractivity contribution in [2.75, 3.05) is 7.11 Å². The zero-order valence-corrected chi connectivity index (χ0v) is 16.7. The highest BCUT2D eigenvalue weighted by molar-refractivity contribution is 9.10. The Bertz CT molecular complexity index is 1020. The van der Waals surface area contributed by atoms with Gasteiger partial charge in [0.25, 0.3) is 0 Å². The van der Waals surface area contributed by atoms with Crippen LogP contribution in [-0.2, 0) is 17.1 Å². The summed E-state index contributed by atoms with van der Waals surface area (Å²) in [5.74, 6) is 1.22. The molecule has 0 spiro atoms. The number of hydrogen-bond acceptors (Lipinski definition) is 4. The molecule has 0 amide bonds. The zero-order valence-electron chi connectivity index (χ0n) is 14.3. The number of ether oxygens (including phenoxy) is 1. The lowest BCUT2D eigenvalue weighted by Gasteiger charge is -2.20. The van der Waals surface area contributed by atoms with Crippen LogP contribution in [0.1, 0.15) is 17.4 Å². The fourth-order valence-electron chi connectivity index (χ4n) is 2.63. The lowest BCUT2D eigenvalue weighted by Crippen LogP contribution is -2.31. The SMILES string of the molecule is COc1cccc(C(NS(=O)(=O)c2ccccc2Br)c2nccn2C)c1. The molecule has 0 saturated heterocycles. The van der Waals surface area contributed by atoms with E-state index in [4.69, 9.17) is 4.74 Å². The molecule has 3 aromatic rings. The van der Waals surface area contributed by atoms with Crippen molar-refractivity contribution in [2.45, 2.75) is 10.9 Å². The van der Waals surface area contributed by atoms with Gasteiger partial charge in [-0.05, 0) is 45.8 Å². The second kappa shape index (κ2) is 7.61. The van der Waals surface area contributed by atoms with Crippen LogP contribution in [0.5, 0.6) is 5.75 Å². The Hall–Kier alpha value is -2.16. The smallest absolute Gasteiger partial charge is 0.242 e. The van der Waals surface area contributed by atoms with Crippen LogP contribution in [-0.4, -0.2) is 25.1 Å². The molecule has 26 heavy (non-hydrogen) atoms. The van der Waals surface area contributed by atoms with E-state index in [1.165, 1.54) is 0 Å². The lowest BCUT2D eigenvalue weighted by molar-refractivity contribution is 0.413. The van der Waals surface area contributed by atoms with E-state index in [2.05, 4.69) is 25.6 Å². The van der Waals surface area contributed by atoms with Gasteiger partial charge in [0.15, 0.2) is 0 Å². The van der Waals surface area contributed by atoms with Gasteiger partial charge in [-0.3, -0.25) is 0 Å². The predicted molar refractivity (Wildman–Crippen MR) is 103 cm³/mol. The molecule has 136 valence electrons. The quantitative estimate of drug-likeness (QED) is 0.644. The van der Waals surface area contributed by atoms with Gasteiger partial charge in [0.2, 0.25) is 10.0 Å². The fraction of sp³-hybridized carbons (Fsp3) is 0.167. The number of rotatable bonds is 6. The first kappa shape index (κ1) is 18.6. The Balaban J connectivity index is 2.07.